The SMILES string of the molecule is CCn1nccc1CN(CCc1ccccc1)S(=O)(=O)c1cc(C)ccc1C. The molecule has 6 heteroatoms. The molecule has 1 aromatic heterocycles. The third-order valence-corrected chi connectivity index (χ3v) is 6.88. The van der Waals surface area contributed by atoms with E-state index in [1.807, 2.05) is 74.0 Å². The molecule has 0 aliphatic heterocycles. The van der Waals surface area contributed by atoms with Gasteiger partial charge < -0.3 is 0 Å². The van der Waals surface area contributed by atoms with Gasteiger partial charge in [-0.1, -0.05) is 42.5 Å². The highest BCUT2D eigenvalue weighted by molar-refractivity contribution is 7.89. The highest BCUT2D eigenvalue weighted by Gasteiger charge is 2.27. The zero-order valence-corrected chi connectivity index (χ0v) is 17.5. The summed E-state index contributed by atoms with van der Waals surface area (Å²) in [7, 11) is -3.63. The van der Waals surface area contributed by atoms with E-state index in [1.54, 1.807) is 16.6 Å². The Hall–Kier alpha value is -2.44. The van der Waals surface area contributed by atoms with Gasteiger partial charge in [0.2, 0.25) is 10.0 Å². The van der Waals surface area contributed by atoms with Gasteiger partial charge >= 0.3 is 0 Å². The van der Waals surface area contributed by atoms with Crippen LogP contribution in [0.1, 0.15) is 29.3 Å². The zero-order chi connectivity index (χ0) is 20.1. The fraction of sp³-hybridized carbons (Fsp3) is 0.318. The maximum atomic E-state index is 13.5. The lowest BCUT2D eigenvalue weighted by molar-refractivity contribution is 0.394. The first kappa shape index (κ1) is 20.3. The molecule has 3 aromatic rings. The van der Waals surface area contributed by atoms with Gasteiger partial charge in [0.25, 0.3) is 0 Å². The summed E-state index contributed by atoms with van der Waals surface area (Å²) in [5.41, 5.74) is 3.71. The van der Waals surface area contributed by atoms with E-state index in [1.165, 1.54) is 0 Å². The van der Waals surface area contributed by atoms with Crippen molar-refractivity contribution >= 4 is 10.0 Å². The Morgan fingerprint density at radius 1 is 1.04 bits per heavy atom. The molecule has 0 saturated heterocycles. The second-order valence-corrected chi connectivity index (χ2v) is 8.89. The van der Waals surface area contributed by atoms with E-state index in [0.29, 0.717) is 31.0 Å². The first-order valence-electron chi connectivity index (χ1n) is 9.54. The Morgan fingerprint density at radius 3 is 2.50 bits per heavy atom. The maximum Gasteiger partial charge on any atom is 0.243 e. The van der Waals surface area contributed by atoms with Crippen molar-refractivity contribution in [1.82, 2.24) is 14.1 Å². The Morgan fingerprint density at radius 2 is 1.79 bits per heavy atom. The first-order chi connectivity index (χ1) is 13.4. The predicted molar refractivity (Wildman–Crippen MR) is 112 cm³/mol. The highest BCUT2D eigenvalue weighted by atomic mass is 32.2. The van der Waals surface area contributed by atoms with Crippen LogP contribution in [0, 0.1) is 13.8 Å². The Labute approximate surface area is 167 Å². The number of hydrogen-bond acceptors (Lipinski definition) is 3. The summed E-state index contributed by atoms with van der Waals surface area (Å²) in [6, 6.07) is 17.4. The second kappa shape index (κ2) is 8.71. The molecule has 0 atom stereocenters. The van der Waals surface area contributed by atoms with Crippen LogP contribution in [-0.2, 0) is 29.5 Å². The van der Waals surface area contributed by atoms with E-state index in [2.05, 4.69) is 5.10 Å². The van der Waals surface area contributed by atoms with Crippen molar-refractivity contribution in [3.8, 4) is 0 Å². The summed E-state index contributed by atoms with van der Waals surface area (Å²) in [5, 5.41) is 4.29. The van der Waals surface area contributed by atoms with Gasteiger partial charge in [0, 0.05) is 19.3 Å². The van der Waals surface area contributed by atoms with Crippen LogP contribution in [0.4, 0.5) is 0 Å². The van der Waals surface area contributed by atoms with E-state index in [0.717, 1.165) is 22.4 Å². The average molecular weight is 398 g/mol. The van der Waals surface area contributed by atoms with Gasteiger partial charge in [-0.05, 0) is 56.0 Å². The average Bonchev–Trinajstić information content (AvgIpc) is 3.14. The molecule has 0 aliphatic rings. The van der Waals surface area contributed by atoms with Crippen molar-refractivity contribution in [2.75, 3.05) is 6.54 Å². The third kappa shape index (κ3) is 4.51. The fourth-order valence-electron chi connectivity index (χ4n) is 3.27. The summed E-state index contributed by atoms with van der Waals surface area (Å²) in [6.07, 6.45) is 2.38. The predicted octanol–water partition coefficient (Wildman–Crippen LogP) is 3.95. The van der Waals surface area contributed by atoms with Crippen molar-refractivity contribution in [1.29, 1.82) is 0 Å². The van der Waals surface area contributed by atoms with Crippen LogP contribution >= 0.6 is 0 Å². The smallest absolute Gasteiger partial charge is 0.243 e. The van der Waals surface area contributed by atoms with Crippen molar-refractivity contribution in [2.24, 2.45) is 0 Å². The minimum Gasteiger partial charge on any atom is -0.269 e. The van der Waals surface area contributed by atoms with Crippen LogP contribution in [0.25, 0.3) is 0 Å². The largest absolute Gasteiger partial charge is 0.269 e. The summed E-state index contributed by atoms with van der Waals surface area (Å²) in [5.74, 6) is 0. The highest BCUT2D eigenvalue weighted by Crippen LogP contribution is 2.23. The second-order valence-electron chi connectivity index (χ2n) is 6.98. The molecule has 0 radical (unpaired) electrons. The van der Waals surface area contributed by atoms with E-state index < -0.39 is 10.0 Å². The van der Waals surface area contributed by atoms with Crippen molar-refractivity contribution < 1.29 is 8.42 Å². The number of rotatable bonds is 8. The minimum absolute atomic E-state index is 0.302. The quantitative estimate of drug-likeness (QED) is 0.578. The van der Waals surface area contributed by atoms with Crippen molar-refractivity contribution in [2.45, 2.75) is 45.2 Å². The van der Waals surface area contributed by atoms with Crippen LogP contribution in [0.3, 0.4) is 0 Å². The van der Waals surface area contributed by atoms with Gasteiger partial charge in [-0.25, -0.2) is 8.42 Å². The van der Waals surface area contributed by atoms with Crippen LogP contribution in [-0.4, -0.2) is 29.0 Å². The molecule has 2 aromatic carbocycles. The third-order valence-electron chi connectivity index (χ3n) is 4.90. The fourth-order valence-corrected chi connectivity index (χ4v) is 4.99. The molecule has 1 heterocycles. The maximum absolute atomic E-state index is 13.5. The van der Waals surface area contributed by atoms with Gasteiger partial charge in [-0.15, -0.1) is 0 Å². The molecular weight excluding hydrogens is 370 g/mol. The van der Waals surface area contributed by atoms with Gasteiger partial charge in [-0.2, -0.15) is 9.40 Å². The van der Waals surface area contributed by atoms with Crippen LogP contribution in [0.2, 0.25) is 0 Å². The van der Waals surface area contributed by atoms with E-state index in [9.17, 15) is 8.42 Å². The number of benzene rings is 2. The topological polar surface area (TPSA) is 55.2 Å². The Kier molecular flexibility index (Phi) is 6.31. The molecule has 3 rings (SSSR count). The molecule has 28 heavy (non-hydrogen) atoms. The molecule has 0 aliphatic carbocycles. The van der Waals surface area contributed by atoms with E-state index in [-0.39, 0.29) is 0 Å². The summed E-state index contributed by atoms with van der Waals surface area (Å²) in [4.78, 5) is 0.378. The van der Waals surface area contributed by atoms with E-state index in [4.69, 9.17) is 0 Å². The van der Waals surface area contributed by atoms with Gasteiger partial charge in [0.1, 0.15) is 0 Å². The van der Waals surface area contributed by atoms with Gasteiger partial charge in [0.05, 0.1) is 17.1 Å². The number of hydrogen-bond donors (Lipinski definition) is 0. The molecule has 5 nitrogen and oxygen atoms in total. The number of aromatic nitrogens is 2. The lowest BCUT2D eigenvalue weighted by atomic mass is 10.1. The first-order valence-corrected chi connectivity index (χ1v) is 11.0. The molecule has 148 valence electrons. The number of aryl methyl sites for hydroxylation is 3. The zero-order valence-electron chi connectivity index (χ0n) is 16.7. The van der Waals surface area contributed by atoms with Crippen molar-refractivity contribution in [3.05, 3.63) is 83.2 Å². The number of nitrogens with zero attached hydrogens (tertiary/aromatic N) is 3. The molecular formula is C22H27N3O2S. The van der Waals surface area contributed by atoms with E-state index >= 15 is 0 Å². The van der Waals surface area contributed by atoms with Crippen LogP contribution in [0.15, 0.2) is 65.7 Å². The Balaban J connectivity index is 1.95. The summed E-state index contributed by atoms with van der Waals surface area (Å²) >= 11 is 0. The molecule has 0 fully saturated rings. The van der Waals surface area contributed by atoms with Crippen LogP contribution < -0.4 is 0 Å². The number of sulfonamides is 1. The molecule has 0 amide bonds. The Bertz CT molecular complexity index is 1030. The van der Waals surface area contributed by atoms with Gasteiger partial charge in [0.15, 0.2) is 0 Å². The lowest BCUT2D eigenvalue weighted by Crippen LogP contribution is -2.34. The normalized spacial score (nSPS) is 11.9. The monoisotopic (exact) mass is 397 g/mol. The summed E-state index contributed by atoms with van der Waals surface area (Å²) < 4.78 is 30.5. The summed E-state index contributed by atoms with van der Waals surface area (Å²) in [6.45, 7) is 7.18. The lowest BCUT2D eigenvalue weighted by Gasteiger charge is -2.24. The molecule has 0 bridgehead atoms. The molecule has 0 spiro atoms. The molecule has 0 unspecified atom stereocenters. The van der Waals surface area contributed by atoms with Crippen molar-refractivity contribution in [3.63, 3.8) is 0 Å². The van der Waals surface area contributed by atoms with Gasteiger partial charge in [-0.3, -0.25) is 4.68 Å². The molecule has 0 N–H and O–H groups in total. The minimum atomic E-state index is -3.63. The van der Waals surface area contributed by atoms with Crippen LogP contribution in [0.5, 0.6) is 0 Å². The standard InChI is InChI=1S/C22H27N3O2S/c1-4-25-21(12-14-23-25)17-24(15-13-20-8-6-5-7-9-20)28(26,27)22-16-18(2)10-11-19(22)3/h5-12,14,16H,4,13,15,17H2,1-3H3. The molecule has 0 saturated carbocycles.